The van der Waals surface area contributed by atoms with Crippen LogP contribution in [0.3, 0.4) is 0 Å². The molecule has 86 valence electrons. The van der Waals surface area contributed by atoms with E-state index in [-0.39, 0.29) is 17.8 Å². The summed E-state index contributed by atoms with van der Waals surface area (Å²) in [4.78, 5) is 12.4. The van der Waals surface area contributed by atoms with Crippen molar-refractivity contribution in [2.45, 2.75) is 33.3 Å². The highest BCUT2D eigenvalue weighted by Gasteiger charge is 2.31. The fourth-order valence-corrected chi connectivity index (χ4v) is 2.29. The minimum atomic E-state index is 0.0421. The summed E-state index contributed by atoms with van der Waals surface area (Å²) in [5.74, 6) is 0.284. The molecule has 1 fully saturated rings. The number of benzene rings is 1. The molecule has 2 nitrogen and oxygen atoms in total. The van der Waals surface area contributed by atoms with Crippen molar-refractivity contribution >= 4 is 5.78 Å². The average molecular weight is 218 g/mol. The van der Waals surface area contributed by atoms with E-state index in [1.54, 1.807) is 0 Å². The normalized spacial score (nSPS) is 24.7. The summed E-state index contributed by atoms with van der Waals surface area (Å²) in [5, 5.41) is 0. The third-order valence-corrected chi connectivity index (χ3v) is 3.58. The molecule has 2 unspecified atom stereocenters. The summed E-state index contributed by atoms with van der Waals surface area (Å²) < 4.78 is 5.46. The first-order valence-corrected chi connectivity index (χ1v) is 5.83. The Kier molecular flexibility index (Phi) is 3.10. The average Bonchev–Trinajstić information content (AvgIpc) is 2.68. The number of hydrogen-bond donors (Lipinski definition) is 0. The molecule has 1 aliphatic heterocycles. The third kappa shape index (κ3) is 1.90. The minimum absolute atomic E-state index is 0.0421. The molecule has 0 bridgehead atoms. The Labute approximate surface area is 96.6 Å². The van der Waals surface area contributed by atoms with Crippen LogP contribution in [0.25, 0.3) is 0 Å². The van der Waals surface area contributed by atoms with Crippen molar-refractivity contribution in [3.63, 3.8) is 0 Å². The zero-order valence-electron chi connectivity index (χ0n) is 10.1. The van der Waals surface area contributed by atoms with Crippen LogP contribution in [0, 0.1) is 19.8 Å². The van der Waals surface area contributed by atoms with E-state index in [2.05, 4.69) is 0 Å². The maximum absolute atomic E-state index is 12.4. The third-order valence-electron chi connectivity index (χ3n) is 3.58. The van der Waals surface area contributed by atoms with Crippen molar-refractivity contribution in [1.29, 1.82) is 0 Å². The van der Waals surface area contributed by atoms with Gasteiger partial charge in [-0.05, 0) is 38.3 Å². The van der Waals surface area contributed by atoms with Crippen LogP contribution in [-0.2, 0) is 4.74 Å². The molecule has 0 aromatic heterocycles. The van der Waals surface area contributed by atoms with Crippen molar-refractivity contribution in [3.8, 4) is 0 Å². The molecule has 2 rings (SSSR count). The lowest BCUT2D eigenvalue weighted by Gasteiger charge is -2.15. The minimum Gasteiger partial charge on any atom is -0.378 e. The zero-order valence-corrected chi connectivity index (χ0v) is 10.1. The molecule has 0 spiro atoms. The molecular formula is C14H18O2. The highest BCUT2D eigenvalue weighted by atomic mass is 16.5. The Hall–Kier alpha value is -1.15. The molecule has 1 saturated heterocycles. The second-order valence-corrected chi connectivity index (χ2v) is 4.58. The van der Waals surface area contributed by atoms with Crippen LogP contribution in [0.1, 0.15) is 34.8 Å². The summed E-state index contributed by atoms with van der Waals surface area (Å²) in [6.45, 7) is 6.76. The molecular weight excluding hydrogens is 200 g/mol. The first kappa shape index (κ1) is 11.3. The van der Waals surface area contributed by atoms with Gasteiger partial charge in [-0.3, -0.25) is 4.79 Å². The van der Waals surface area contributed by atoms with Crippen LogP contribution < -0.4 is 0 Å². The fraction of sp³-hybridized carbons (Fsp3) is 0.500. The predicted molar refractivity (Wildman–Crippen MR) is 63.8 cm³/mol. The molecule has 1 heterocycles. The van der Waals surface area contributed by atoms with Crippen LogP contribution in [0.15, 0.2) is 18.2 Å². The van der Waals surface area contributed by atoms with E-state index in [4.69, 9.17) is 4.74 Å². The number of Topliss-reactive ketones (excluding diaryl/α,β-unsaturated/α-hetero) is 1. The molecule has 0 N–H and O–H groups in total. The first-order valence-electron chi connectivity index (χ1n) is 5.83. The largest absolute Gasteiger partial charge is 0.378 e. The molecule has 1 aliphatic rings. The van der Waals surface area contributed by atoms with Crippen molar-refractivity contribution < 1.29 is 9.53 Å². The molecule has 0 radical (unpaired) electrons. The van der Waals surface area contributed by atoms with E-state index < -0.39 is 0 Å². The monoisotopic (exact) mass is 218 g/mol. The van der Waals surface area contributed by atoms with Crippen molar-refractivity contribution in [2.75, 3.05) is 6.61 Å². The van der Waals surface area contributed by atoms with Gasteiger partial charge >= 0.3 is 0 Å². The molecule has 0 amide bonds. The van der Waals surface area contributed by atoms with Crippen LogP contribution in [0.2, 0.25) is 0 Å². The predicted octanol–water partition coefficient (Wildman–Crippen LogP) is 2.91. The SMILES string of the molecule is Cc1cccc(C(=O)C2CCOC2C)c1C. The molecule has 16 heavy (non-hydrogen) atoms. The van der Waals surface area contributed by atoms with Crippen molar-refractivity contribution in [3.05, 3.63) is 34.9 Å². The standard InChI is InChI=1S/C14H18O2/c1-9-5-4-6-12(10(9)2)14(15)13-7-8-16-11(13)3/h4-6,11,13H,7-8H2,1-3H3. The van der Waals surface area contributed by atoms with Gasteiger partial charge in [-0.1, -0.05) is 18.2 Å². The van der Waals surface area contributed by atoms with Gasteiger partial charge in [-0.15, -0.1) is 0 Å². The van der Waals surface area contributed by atoms with E-state index in [0.717, 1.165) is 17.5 Å². The second kappa shape index (κ2) is 4.38. The summed E-state index contributed by atoms with van der Waals surface area (Å²) in [6, 6.07) is 5.92. The molecule has 0 aliphatic carbocycles. The number of carbonyl (C=O) groups excluding carboxylic acids is 1. The number of ether oxygens (including phenoxy) is 1. The molecule has 2 heteroatoms. The van der Waals surface area contributed by atoms with Gasteiger partial charge in [-0.25, -0.2) is 0 Å². The number of rotatable bonds is 2. The van der Waals surface area contributed by atoms with Gasteiger partial charge in [0.05, 0.1) is 12.0 Å². The van der Waals surface area contributed by atoms with Gasteiger partial charge in [0.25, 0.3) is 0 Å². The van der Waals surface area contributed by atoms with Crippen LogP contribution >= 0.6 is 0 Å². The van der Waals surface area contributed by atoms with Gasteiger partial charge in [-0.2, -0.15) is 0 Å². The second-order valence-electron chi connectivity index (χ2n) is 4.58. The van der Waals surface area contributed by atoms with Crippen LogP contribution in [0.4, 0.5) is 0 Å². The zero-order chi connectivity index (χ0) is 11.7. The van der Waals surface area contributed by atoms with E-state index in [9.17, 15) is 4.79 Å². The van der Waals surface area contributed by atoms with Crippen LogP contribution in [0.5, 0.6) is 0 Å². The summed E-state index contributed by atoms with van der Waals surface area (Å²) in [6.07, 6.45) is 0.917. The quantitative estimate of drug-likeness (QED) is 0.713. The number of aryl methyl sites for hydroxylation is 1. The molecule has 1 aromatic carbocycles. The summed E-state index contributed by atoms with van der Waals surface area (Å²) in [7, 11) is 0. The fourth-order valence-electron chi connectivity index (χ4n) is 2.29. The molecule has 2 atom stereocenters. The lowest BCUT2D eigenvalue weighted by molar-refractivity contribution is 0.0763. The summed E-state index contributed by atoms with van der Waals surface area (Å²) in [5.41, 5.74) is 3.14. The Morgan fingerprint density at radius 3 is 2.75 bits per heavy atom. The van der Waals surface area contributed by atoms with Gasteiger partial charge < -0.3 is 4.74 Å². The maximum Gasteiger partial charge on any atom is 0.168 e. The van der Waals surface area contributed by atoms with Gasteiger partial charge in [0.2, 0.25) is 0 Å². The summed E-state index contributed by atoms with van der Waals surface area (Å²) >= 11 is 0. The molecule has 0 saturated carbocycles. The van der Waals surface area contributed by atoms with E-state index >= 15 is 0 Å². The van der Waals surface area contributed by atoms with Gasteiger partial charge in [0.15, 0.2) is 5.78 Å². The topological polar surface area (TPSA) is 26.3 Å². The number of carbonyl (C=O) groups is 1. The highest BCUT2D eigenvalue weighted by Crippen LogP contribution is 2.26. The van der Waals surface area contributed by atoms with E-state index in [1.807, 2.05) is 39.0 Å². The maximum atomic E-state index is 12.4. The Balaban J connectivity index is 2.30. The lowest BCUT2D eigenvalue weighted by atomic mass is 9.89. The van der Waals surface area contributed by atoms with Crippen molar-refractivity contribution in [2.24, 2.45) is 5.92 Å². The van der Waals surface area contributed by atoms with E-state index in [0.29, 0.717) is 6.61 Å². The van der Waals surface area contributed by atoms with E-state index in [1.165, 1.54) is 5.56 Å². The van der Waals surface area contributed by atoms with Crippen molar-refractivity contribution in [1.82, 2.24) is 0 Å². The molecule has 1 aromatic rings. The van der Waals surface area contributed by atoms with Gasteiger partial charge in [0.1, 0.15) is 0 Å². The Morgan fingerprint density at radius 2 is 2.12 bits per heavy atom. The first-order chi connectivity index (χ1) is 7.61. The van der Waals surface area contributed by atoms with Gasteiger partial charge in [0, 0.05) is 12.2 Å². The number of ketones is 1. The van der Waals surface area contributed by atoms with Crippen LogP contribution in [-0.4, -0.2) is 18.5 Å². The smallest absolute Gasteiger partial charge is 0.168 e. The number of hydrogen-bond acceptors (Lipinski definition) is 2. The Bertz CT molecular complexity index is 409. The highest BCUT2D eigenvalue weighted by molar-refractivity contribution is 5.99. The lowest BCUT2D eigenvalue weighted by Crippen LogP contribution is -2.22. The Morgan fingerprint density at radius 1 is 1.38 bits per heavy atom.